The summed E-state index contributed by atoms with van der Waals surface area (Å²) in [7, 11) is 0. The lowest BCUT2D eigenvalue weighted by molar-refractivity contribution is 0.761. The molecule has 0 unspecified atom stereocenters. The van der Waals surface area contributed by atoms with Crippen molar-refractivity contribution in [2.24, 2.45) is 10.7 Å². The molecule has 0 saturated carbocycles. The summed E-state index contributed by atoms with van der Waals surface area (Å²) in [5.41, 5.74) is 13.9. The van der Waals surface area contributed by atoms with Gasteiger partial charge in [0.2, 0.25) is 0 Å². The quantitative estimate of drug-likeness (QED) is 0.394. The van der Waals surface area contributed by atoms with Crippen LogP contribution in [0.5, 0.6) is 0 Å². The van der Waals surface area contributed by atoms with Gasteiger partial charge >= 0.3 is 0 Å². The lowest BCUT2D eigenvalue weighted by Crippen LogP contribution is -2.32. The van der Waals surface area contributed by atoms with E-state index in [0.29, 0.717) is 11.1 Å². The van der Waals surface area contributed by atoms with Gasteiger partial charge in [-0.05, 0) is 38.2 Å². The first-order valence-electron chi connectivity index (χ1n) is 7.94. The van der Waals surface area contributed by atoms with E-state index in [1.807, 2.05) is 13.0 Å². The molecule has 0 atom stereocenters. The second-order valence-electron chi connectivity index (χ2n) is 5.45. The Kier molecular flexibility index (Phi) is 6.87. The molecule has 2 aromatic rings. The molecule has 23 heavy (non-hydrogen) atoms. The second-order valence-corrected chi connectivity index (χ2v) is 6.56. The Balaban J connectivity index is 1.59. The molecule has 0 aliphatic heterocycles. The molecular weight excluding hydrogens is 306 g/mol. The fraction of sp³-hybridized carbons (Fsp3) is 0.412. The van der Waals surface area contributed by atoms with E-state index in [2.05, 4.69) is 39.6 Å². The first-order valence-corrected chi connectivity index (χ1v) is 8.76. The van der Waals surface area contributed by atoms with Gasteiger partial charge in [0.05, 0.1) is 5.69 Å². The van der Waals surface area contributed by atoms with Crippen molar-refractivity contribution in [1.29, 1.82) is 0 Å². The van der Waals surface area contributed by atoms with E-state index in [9.17, 15) is 0 Å². The van der Waals surface area contributed by atoms with Crippen molar-refractivity contribution >= 4 is 22.4 Å². The van der Waals surface area contributed by atoms with Crippen LogP contribution < -0.4 is 16.8 Å². The van der Waals surface area contributed by atoms with E-state index >= 15 is 0 Å². The topological polar surface area (TPSA) is 89.3 Å². The minimum Gasteiger partial charge on any atom is -0.375 e. The van der Waals surface area contributed by atoms with Crippen LogP contribution in [-0.2, 0) is 12.8 Å². The van der Waals surface area contributed by atoms with E-state index in [0.717, 1.165) is 44.5 Å². The minimum absolute atomic E-state index is 0.526. The summed E-state index contributed by atoms with van der Waals surface area (Å²) < 4.78 is 0. The Bertz CT molecular complexity index is 621. The van der Waals surface area contributed by atoms with E-state index in [1.165, 1.54) is 10.4 Å². The fourth-order valence-electron chi connectivity index (χ4n) is 2.33. The highest BCUT2D eigenvalue weighted by Gasteiger charge is 2.04. The molecule has 0 fully saturated rings. The number of hydrogen-bond acceptors (Lipinski definition) is 4. The highest BCUT2D eigenvalue weighted by molar-refractivity contribution is 7.15. The van der Waals surface area contributed by atoms with Crippen LogP contribution in [0, 0.1) is 6.92 Å². The monoisotopic (exact) mass is 331 g/mol. The Morgan fingerprint density at radius 1 is 1.22 bits per heavy atom. The maximum absolute atomic E-state index is 5.88. The molecule has 1 heterocycles. The zero-order valence-electron chi connectivity index (χ0n) is 13.6. The number of nitrogens with zero attached hydrogens (tertiary/aromatic N) is 2. The van der Waals surface area contributed by atoms with Gasteiger partial charge in [0.1, 0.15) is 0 Å². The molecule has 5 nitrogen and oxygen atoms in total. The molecular formula is C17H25N5S. The average Bonchev–Trinajstić information content (AvgIpc) is 2.87. The largest absolute Gasteiger partial charge is 0.375 e. The van der Waals surface area contributed by atoms with E-state index < -0.39 is 0 Å². The molecule has 0 spiro atoms. The Morgan fingerprint density at radius 2 is 2.00 bits per heavy atom. The minimum atomic E-state index is 0.526. The predicted molar refractivity (Wildman–Crippen MR) is 98.8 cm³/mol. The Labute approximate surface area is 141 Å². The highest BCUT2D eigenvalue weighted by Crippen LogP contribution is 2.20. The molecule has 124 valence electrons. The third-order valence-electron chi connectivity index (χ3n) is 3.54. The van der Waals surface area contributed by atoms with Crippen molar-refractivity contribution < 1.29 is 0 Å². The molecule has 0 saturated heterocycles. The number of nitrogens with two attached hydrogens (primary N) is 2. The number of anilines is 1. The molecule has 1 aromatic carbocycles. The number of nitrogen functional groups attached to an aromatic ring is 1. The highest BCUT2D eigenvalue weighted by atomic mass is 32.1. The maximum atomic E-state index is 5.88. The second kappa shape index (κ2) is 9.15. The van der Waals surface area contributed by atoms with Crippen molar-refractivity contribution in [2.45, 2.75) is 32.6 Å². The first-order chi connectivity index (χ1) is 11.1. The summed E-state index contributed by atoms with van der Waals surface area (Å²) in [5.74, 6) is 0.526. The van der Waals surface area contributed by atoms with Crippen LogP contribution in [0.3, 0.4) is 0 Å². The molecule has 0 radical (unpaired) electrons. The van der Waals surface area contributed by atoms with Crippen LogP contribution in [0.25, 0.3) is 0 Å². The van der Waals surface area contributed by atoms with Gasteiger partial charge in [0.15, 0.2) is 11.1 Å². The standard InChI is InChI=1S/C17H25N5S/c1-13-15(23-17(19)22-13)10-6-12-21-16(18)20-11-5-9-14-7-3-2-4-8-14/h2-4,7-8H,5-6,9-12H2,1H3,(H2,19,22)(H3,18,20,21). The van der Waals surface area contributed by atoms with Gasteiger partial charge in [-0.15, -0.1) is 11.3 Å². The van der Waals surface area contributed by atoms with E-state index in [4.69, 9.17) is 11.5 Å². The van der Waals surface area contributed by atoms with Crippen LogP contribution in [0.4, 0.5) is 5.13 Å². The Morgan fingerprint density at radius 3 is 2.70 bits per heavy atom. The summed E-state index contributed by atoms with van der Waals surface area (Å²) in [5, 5.41) is 3.80. The van der Waals surface area contributed by atoms with Crippen molar-refractivity contribution in [2.75, 3.05) is 18.8 Å². The van der Waals surface area contributed by atoms with Gasteiger partial charge in [-0.1, -0.05) is 30.3 Å². The summed E-state index contributed by atoms with van der Waals surface area (Å²) in [6.07, 6.45) is 3.99. The number of aryl methyl sites for hydroxylation is 3. The van der Waals surface area contributed by atoms with Gasteiger partial charge in [0.25, 0.3) is 0 Å². The van der Waals surface area contributed by atoms with Crippen LogP contribution in [0.2, 0.25) is 0 Å². The number of aliphatic imine (C=N–C) groups is 1. The number of benzene rings is 1. The number of nitrogens with one attached hydrogen (secondary N) is 1. The van der Waals surface area contributed by atoms with Gasteiger partial charge in [-0.2, -0.15) is 0 Å². The number of thiazole rings is 1. The van der Waals surface area contributed by atoms with Crippen molar-refractivity contribution in [3.63, 3.8) is 0 Å². The fourth-order valence-corrected chi connectivity index (χ4v) is 3.21. The molecule has 0 aliphatic rings. The number of aromatic nitrogens is 1. The Hall–Kier alpha value is -2.08. The first kappa shape index (κ1) is 17.3. The molecule has 0 amide bonds. The van der Waals surface area contributed by atoms with Crippen LogP contribution in [0.1, 0.15) is 29.0 Å². The van der Waals surface area contributed by atoms with E-state index in [1.54, 1.807) is 11.3 Å². The predicted octanol–water partition coefficient (Wildman–Crippen LogP) is 2.50. The van der Waals surface area contributed by atoms with Crippen LogP contribution in [-0.4, -0.2) is 24.0 Å². The molecule has 0 bridgehead atoms. The SMILES string of the molecule is Cc1nc(N)sc1CCCNC(N)=NCCCc1ccccc1. The zero-order chi connectivity index (χ0) is 16.5. The lowest BCUT2D eigenvalue weighted by Gasteiger charge is -2.05. The summed E-state index contributed by atoms with van der Waals surface area (Å²) >= 11 is 1.57. The number of hydrogen-bond donors (Lipinski definition) is 3. The third kappa shape index (κ3) is 6.28. The van der Waals surface area contributed by atoms with Crippen molar-refractivity contribution in [3.8, 4) is 0 Å². The lowest BCUT2D eigenvalue weighted by atomic mass is 10.1. The summed E-state index contributed by atoms with van der Waals surface area (Å²) in [4.78, 5) is 9.84. The van der Waals surface area contributed by atoms with Crippen molar-refractivity contribution in [3.05, 3.63) is 46.5 Å². The van der Waals surface area contributed by atoms with Crippen molar-refractivity contribution in [1.82, 2.24) is 10.3 Å². The smallest absolute Gasteiger partial charge is 0.188 e. The summed E-state index contributed by atoms with van der Waals surface area (Å²) in [6, 6.07) is 10.4. The molecule has 2 rings (SSSR count). The average molecular weight is 331 g/mol. The number of rotatable bonds is 8. The van der Waals surface area contributed by atoms with Crippen LogP contribution >= 0.6 is 11.3 Å². The van der Waals surface area contributed by atoms with E-state index in [-0.39, 0.29) is 0 Å². The van der Waals surface area contributed by atoms with Gasteiger partial charge in [-0.3, -0.25) is 4.99 Å². The zero-order valence-corrected chi connectivity index (χ0v) is 14.4. The van der Waals surface area contributed by atoms with Gasteiger partial charge < -0.3 is 16.8 Å². The molecule has 5 N–H and O–H groups in total. The maximum Gasteiger partial charge on any atom is 0.188 e. The van der Waals surface area contributed by atoms with Gasteiger partial charge in [-0.25, -0.2) is 4.98 Å². The van der Waals surface area contributed by atoms with Gasteiger partial charge in [0, 0.05) is 18.0 Å². The normalized spacial score (nSPS) is 11.6. The molecule has 6 heteroatoms. The molecule has 0 aliphatic carbocycles. The van der Waals surface area contributed by atoms with Crippen LogP contribution in [0.15, 0.2) is 35.3 Å². The third-order valence-corrected chi connectivity index (χ3v) is 4.59. The number of guanidine groups is 1. The molecule has 1 aromatic heterocycles. The summed E-state index contributed by atoms with van der Waals surface area (Å²) in [6.45, 7) is 3.56.